The summed E-state index contributed by atoms with van der Waals surface area (Å²) in [5.74, 6) is 1.65. The third kappa shape index (κ3) is 5.26. The van der Waals surface area contributed by atoms with E-state index in [1.807, 2.05) is 50.5 Å². The number of pyridine rings is 1. The summed E-state index contributed by atoms with van der Waals surface area (Å²) in [4.78, 5) is 21.1. The number of thiazole rings is 1. The van der Waals surface area contributed by atoms with Crippen LogP contribution < -0.4 is 14.8 Å². The molecule has 8 nitrogen and oxygen atoms in total. The molecule has 0 atom stereocenters. The van der Waals surface area contributed by atoms with Crippen LogP contribution in [0.1, 0.15) is 23.0 Å². The summed E-state index contributed by atoms with van der Waals surface area (Å²) in [7, 11) is 1.84. The first-order valence-electron chi connectivity index (χ1n) is 9.69. The van der Waals surface area contributed by atoms with Crippen molar-refractivity contribution in [3.8, 4) is 28.0 Å². The number of rotatable bonds is 8. The van der Waals surface area contributed by atoms with E-state index >= 15 is 0 Å². The number of hydrogen-bond acceptors (Lipinski definition) is 7. The lowest BCUT2D eigenvalue weighted by molar-refractivity contribution is 0.0946. The van der Waals surface area contributed by atoms with Crippen molar-refractivity contribution in [1.82, 2.24) is 25.1 Å². The molecule has 0 aliphatic heterocycles. The molecule has 0 saturated carbocycles. The lowest BCUT2D eigenvalue weighted by atomic mass is 10.2. The first-order valence-corrected chi connectivity index (χ1v) is 10.6. The number of benzene rings is 1. The Morgan fingerprint density at radius 2 is 2.00 bits per heavy atom. The molecule has 0 saturated heterocycles. The Morgan fingerprint density at radius 3 is 2.74 bits per heavy atom. The average molecular weight is 436 g/mol. The smallest absolute Gasteiger partial charge is 0.271 e. The standard InChI is InChI=1S/C22H21N5O3S/c1-3-29-17-4-6-18(7-5-17)30-20-10-15(8-9-23-20)11-24-21(28)19-14-31-22(26-19)16-12-25-27(2)13-16/h4-10,12-14H,3,11H2,1-2H3,(H,24,28). The SMILES string of the molecule is CCOc1ccc(Oc2cc(CNC(=O)c3csc(-c4cnn(C)c4)n3)ccn2)cc1. The van der Waals surface area contributed by atoms with Gasteiger partial charge >= 0.3 is 0 Å². The third-order valence-corrected chi connectivity index (χ3v) is 5.19. The maximum Gasteiger partial charge on any atom is 0.271 e. The number of aryl methyl sites for hydroxylation is 1. The van der Waals surface area contributed by atoms with Crippen LogP contribution in [0, 0.1) is 0 Å². The Bertz CT molecular complexity index is 1170. The lowest BCUT2D eigenvalue weighted by Crippen LogP contribution is -2.23. The largest absolute Gasteiger partial charge is 0.494 e. The van der Waals surface area contributed by atoms with Gasteiger partial charge in [0.15, 0.2) is 0 Å². The molecule has 0 radical (unpaired) electrons. The molecule has 0 bridgehead atoms. The van der Waals surface area contributed by atoms with Crippen molar-refractivity contribution in [3.63, 3.8) is 0 Å². The molecular weight excluding hydrogens is 414 g/mol. The number of carbonyl (C=O) groups excluding carboxylic acids is 1. The zero-order valence-corrected chi connectivity index (χ0v) is 17.9. The van der Waals surface area contributed by atoms with Gasteiger partial charge in [-0.3, -0.25) is 9.48 Å². The van der Waals surface area contributed by atoms with Gasteiger partial charge in [-0.05, 0) is 42.8 Å². The quantitative estimate of drug-likeness (QED) is 0.449. The Hall–Kier alpha value is -3.72. The number of amides is 1. The van der Waals surface area contributed by atoms with Crippen LogP contribution in [-0.4, -0.2) is 32.3 Å². The third-order valence-electron chi connectivity index (χ3n) is 4.30. The Morgan fingerprint density at radius 1 is 1.19 bits per heavy atom. The minimum absolute atomic E-state index is 0.239. The topological polar surface area (TPSA) is 91.2 Å². The van der Waals surface area contributed by atoms with Gasteiger partial charge in [-0.2, -0.15) is 5.10 Å². The summed E-state index contributed by atoms with van der Waals surface area (Å²) >= 11 is 1.41. The fraction of sp³-hybridized carbons (Fsp3) is 0.182. The van der Waals surface area contributed by atoms with E-state index < -0.39 is 0 Å². The van der Waals surface area contributed by atoms with Gasteiger partial charge in [-0.25, -0.2) is 9.97 Å². The molecule has 4 rings (SSSR count). The first kappa shape index (κ1) is 20.5. The summed E-state index contributed by atoms with van der Waals surface area (Å²) in [5.41, 5.74) is 2.13. The van der Waals surface area contributed by atoms with Gasteiger partial charge in [0, 0.05) is 43.0 Å². The molecule has 1 amide bonds. The number of hydrogen-bond donors (Lipinski definition) is 1. The van der Waals surface area contributed by atoms with E-state index in [0.717, 1.165) is 21.9 Å². The number of aromatic nitrogens is 4. The van der Waals surface area contributed by atoms with E-state index in [0.29, 0.717) is 30.5 Å². The number of carbonyl (C=O) groups is 1. The molecule has 0 unspecified atom stereocenters. The van der Waals surface area contributed by atoms with Crippen molar-refractivity contribution >= 4 is 17.2 Å². The van der Waals surface area contributed by atoms with Crippen LogP contribution in [0.2, 0.25) is 0 Å². The summed E-state index contributed by atoms with van der Waals surface area (Å²) < 4.78 is 12.9. The summed E-state index contributed by atoms with van der Waals surface area (Å²) in [6.45, 7) is 2.88. The molecule has 3 heterocycles. The Labute approximate surface area is 183 Å². The maximum absolute atomic E-state index is 12.5. The van der Waals surface area contributed by atoms with E-state index in [1.165, 1.54) is 11.3 Å². The monoisotopic (exact) mass is 435 g/mol. The molecule has 0 fully saturated rings. The number of nitrogens with one attached hydrogen (secondary N) is 1. The van der Waals surface area contributed by atoms with E-state index in [2.05, 4.69) is 20.4 Å². The second-order valence-electron chi connectivity index (χ2n) is 6.63. The molecule has 3 aromatic heterocycles. The van der Waals surface area contributed by atoms with Crippen molar-refractivity contribution in [2.24, 2.45) is 7.05 Å². The van der Waals surface area contributed by atoms with Crippen molar-refractivity contribution in [3.05, 3.63) is 71.6 Å². The fourth-order valence-electron chi connectivity index (χ4n) is 2.82. The molecular formula is C22H21N5O3S. The van der Waals surface area contributed by atoms with Gasteiger partial charge in [0.1, 0.15) is 22.2 Å². The number of ether oxygens (including phenoxy) is 2. The van der Waals surface area contributed by atoms with Gasteiger partial charge in [0.25, 0.3) is 5.91 Å². The van der Waals surface area contributed by atoms with Crippen LogP contribution in [0.5, 0.6) is 17.4 Å². The fourth-order valence-corrected chi connectivity index (χ4v) is 3.60. The number of nitrogens with zero attached hydrogens (tertiary/aromatic N) is 4. The molecule has 1 N–H and O–H groups in total. The van der Waals surface area contributed by atoms with E-state index in [4.69, 9.17) is 9.47 Å². The van der Waals surface area contributed by atoms with Gasteiger partial charge in [0.2, 0.25) is 5.88 Å². The van der Waals surface area contributed by atoms with Crippen LogP contribution in [0.4, 0.5) is 0 Å². The van der Waals surface area contributed by atoms with Crippen LogP contribution in [0.3, 0.4) is 0 Å². The predicted molar refractivity (Wildman–Crippen MR) is 117 cm³/mol. The minimum Gasteiger partial charge on any atom is -0.494 e. The van der Waals surface area contributed by atoms with Crippen molar-refractivity contribution in [2.45, 2.75) is 13.5 Å². The molecule has 0 spiro atoms. The highest BCUT2D eigenvalue weighted by molar-refractivity contribution is 7.13. The van der Waals surface area contributed by atoms with Crippen LogP contribution in [0.25, 0.3) is 10.6 Å². The summed E-state index contributed by atoms with van der Waals surface area (Å²) in [6.07, 6.45) is 5.24. The van der Waals surface area contributed by atoms with Crippen LogP contribution in [-0.2, 0) is 13.6 Å². The van der Waals surface area contributed by atoms with E-state index in [1.54, 1.807) is 28.5 Å². The molecule has 4 aromatic rings. The predicted octanol–water partition coefficient (Wildman–Crippen LogP) is 4.06. The average Bonchev–Trinajstić information content (AvgIpc) is 3.43. The normalized spacial score (nSPS) is 10.6. The minimum atomic E-state index is -0.239. The van der Waals surface area contributed by atoms with E-state index in [-0.39, 0.29) is 5.91 Å². The Balaban J connectivity index is 1.35. The Kier molecular flexibility index (Phi) is 6.23. The van der Waals surface area contributed by atoms with Crippen molar-refractivity contribution in [1.29, 1.82) is 0 Å². The van der Waals surface area contributed by atoms with E-state index in [9.17, 15) is 4.79 Å². The highest BCUT2D eigenvalue weighted by Crippen LogP contribution is 2.24. The van der Waals surface area contributed by atoms with Gasteiger partial charge in [-0.1, -0.05) is 0 Å². The zero-order valence-electron chi connectivity index (χ0n) is 17.1. The molecule has 9 heteroatoms. The molecule has 0 aliphatic carbocycles. The second-order valence-corrected chi connectivity index (χ2v) is 7.49. The summed E-state index contributed by atoms with van der Waals surface area (Å²) in [5, 5.41) is 9.51. The van der Waals surface area contributed by atoms with Crippen LogP contribution in [0.15, 0.2) is 60.4 Å². The van der Waals surface area contributed by atoms with Crippen molar-refractivity contribution in [2.75, 3.05) is 6.61 Å². The first-order chi connectivity index (χ1) is 15.1. The highest BCUT2D eigenvalue weighted by Gasteiger charge is 2.13. The van der Waals surface area contributed by atoms with Gasteiger partial charge in [-0.15, -0.1) is 11.3 Å². The zero-order chi connectivity index (χ0) is 21.6. The molecule has 31 heavy (non-hydrogen) atoms. The molecule has 0 aliphatic rings. The molecule has 158 valence electrons. The second kappa shape index (κ2) is 9.40. The maximum atomic E-state index is 12.5. The molecule has 1 aromatic carbocycles. The van der Waals surface area contributed by atoms with Crippen molar-refractivity contribution < 1.29 is 14.3 Å². The van der Waals surface area contributed by atoms with Crippen LogP contribution >= 0.6 is 11.3 Å². The van der Waals surface area contributed by atoms with Gasteiger partial charge in [0.05, 0.1) is 12.8 Å². The lowest BCUT2D eigenvalue weighted by Gasteiger charge is -2.08. The van der Waals surface area contributed by atoms with Gasteiger partial charge < -0.3 is 14.8 Å². The summed E-state index contributed by atoms with van der Waals surface area (Å²) in [6, 6.07) is 11.0. The highest BCUT2D eigenvalue weighted by atomic mass is 32.1.